The van der Waals surface area contributed by atoms with E-state index in [0.717, 1.165) is 11.1 Å². The smallest absolute Gasteiger partial charge is 0.315 e. The minimum absolute atomic E-state index is 0.291. The molecule has 0 spiro atoms. The number of anilines is 1. The van der Waals surface area contributed by atoms with Gasteiger partial charge < -0.3 is 16.2 Å². The first-order valence-corrected chi connectivity index (χ1v) is 7.06. The number of aromatic nitrogens is 1. The standard InChI is InChI=1S/C16H16F3N3O2/c17-7-12(22-16(24)15(18)19)14(23)10-3-1-9(2-4-10)11-5-6-13(20)21-8-11/h1-6,8,12,14-15,23H,7H2,(H2,20,21)(H,22,24). The lowest BCUT2D eigenvalue weighted by atomic mass is 9.99. The molecule has 0 fully saturated rings. The number of nitrogens with zero attached hydrogens (tertiary/aromatic N) is 1. The Balaban J connectivity index is 2.13. The van der Waals surface area contributed by atoms with E-state index < -0.39 is 31.2 Å². The van der Waals surface area contributed by atoms with Gasteiger partial charge in [-0.15, -0.1) is 0 Å². The highest BCUT2D eigenvalue weighted by Crippen LogP contribution is 2.23. The van der Waals surface area contributed by atoms with Crippen LogP contribution < -0.4 is 11.1 Å². The maximum Gasteiger partial charge on any atom is 0.315 e. The Hall–Kier alpha value is -2.61. The van der Waals surface area contributed by atoms with Gasteiger partial charge in [-0.05, 0) is 23.3 Å². The number of nitrogens with two attached hydrogens (primary N) is 1. The van der Waals surface area contributed by atoms with Crippen LogP contribution in [0, 0.1) is 0 Å². The van der Waals surface area contributed by atoms with Gasteiger partial charge in [-0.2, -0.15) is 8.78 Å². The number of amides is 1. The summed E-state index contributed by atoms with van der Waals surface area (Å²) in [5, 5.41) is 11.9. The Morgan fingerprint density at radius 3 is 2.29 bits per heavy atom. The van der Waals surface area contributed by atoms with Crippen molar-refractivity contribution in [1.82, 2.24) is 10.3 Å². The number of nitrogens with one attached hydrogen (secondary N) is 1. The molecule has 2 unspecified atom stereocenters. The number of carbonyl (C=O) groups is 1. The van der Waals surface area contributed by atoms with Crippen molar-refractivity contribution in [3.05, 3.63) is 48.2 Å². The Morgan fingerprint density at radius 2 is 1.79 bits per heavy atom. The van der Waals surface area contributed by atoms with Gasteiger partial charge >= 0.3 is 6.43 Å². The number of hydrogen-bond acceptors (Lipinski definition) is 4. The number of carbonyl (C=O) groups excluding carboxylic acids is 1. The number of pyridine rings is 1. The Kier molecular flexibility index (Phi) is 5.75. The third kappa shape index (κ3) is 4.23. The summed E-state index contributed by atoms with van der Waals surface area (Å²) in [6, 6.07) is 8.32. The van der Waals surface area contributed by atoms with E-state index in [1.165, 1.54) is 12.1 Å². The van der Waals surface area contributed by atoms with Crippen LogP contribution in [0.25, 0.3) is 11.1 Å². The lowest BCUT2D eigenvalue weighted by molar-refractivity contribution is -0.133. The van der Waals surface area contributed by atoms with E-state index in [9.17, 15) is 23.1 Å². The lowest BCUT2D eigenvalue weighted by Crippen LogP contribution is -2.43. The molecule has 2 aromatic rings. The number of halogens is 3. The van der Waals surface area contributed by atoms with Gasteiger partial charge in [0.15, 0.2) is 0 Å². The van der Waals surface area contributed by atoms with Gasteiger partial charge in [-0.25, -0.2) is 9.37 Å². The van der Waals surface area contributed by atoms with E-state index in [-0.39, 0.29) is 0 Å². The molecule has 0 saturated heterocycles. The summed E-state index contributed by atoms with van der Waals surface area (Å²) in [5.74, 6) is -1.24. The Morgan fingerprint density at radius 1 is 1.17 bits per heavy atom. The summed E-state index contributed by atoms with van der Waals surface area (Å²) >= 11 is 0. The number of hydrogen-bond donors (Lipinski definition) is 3. The number of rotatable bonds is 6. The minimum Gasteiger partial charge on any atom is -0.386 e. The number of aliphatic hydroxyl groups is 1. The minimum atomic E-state index is -3.27. The van der Waals surface area contributed by atoms with Crippen LogP contribution in [0.2, 0.25) is 0 Å². The van der Waals surface area contributed by atoms with E-state index in [2.05, 4.69) is 4.98 Å². The zero-order valence-corrected chi connectivity index (χ0v) is 12.5. The molecule has 0 bridgehead atoms. The van der Waals surface area contributed by atoms with Gasteiger partial charge in [0, 0.05) is 11.8 Å². The van der Waals surface area contributed by atoms with Gasteiger partial charge in [0.05, 0.1) is 6.04 Å². The van der Waals surface area contributed by atoms with E-state index in [4.69, 9.17) is 5.73 Å². The predicted molar refractivity (Wildman–Crippen MR) is 83.0 cm³/mol. The van der Waals surface area contributed by atoms with Gasteiger partial charge in [0.25, 0.3) is 5.91 Å². The van der Waals surface area contributed by atoms with E-state index >= 15 is 0 Å². The molecule has 1 aromatic heterocycles. The van der Waals surface area contributed by atoms with Crippen LogP contribution in [0.15, 0.2) is 42.6 Å². The summed E-state index contributed by atoms with van der Waals surface area (Å²) in [4.78, 5) is 14.9. The summed E-state index contributed by atoms with van der Waals surface area (Å²) in [5.41, 5.74) is 7.38. The molecular weight excluding hydrogens is 323 g/mol. The summed E-state index contributed by atoms with van der Waals surface area (Å²) in [7, 11) is 0. The maximum absolute atomic E-state index is 13.0. The molecule has 4 N–H and O–H groups in total. The average Bonchev–Trinajstić information content (AvgIpc) is 2.59. The monoisotopic (exact) mass is 339 g/mol. The highest BCUT2D eigenvalue weighted by Gasteiger charge is 2.26. The zero-order valence-electron chi connectivity index (χ0n) is 12.5. The van der Waals surface area contributed by atoms with E-state index in [1.807, 2.05) is 0 Å². The predicted octanol–water partition coefficient (Wildman–Crippen LogP) is 2.08. The fraction of sp³-hybridized carbons (Fsp3) is 0.250. The van der Waals surface area contributed by atoms with Crippen LogP contribution in [-0.4, -0.2) is 35.1 Å². The molecule has 1 aromatic carbocycles. The maximum atomic E-state index is 13.0. The van der Waals surface area contributed by atoms with Crippen molar-refractivity contribution in [1.29, 1.82) is 0 Å². The molecule has 5 nitrogen and oxygen atoms in total. The second kappa shape index (κ2) is 7.78. The molecule has 1 heterocycles. The van der Waals surface area contributed by atoms with Crippen LogP contribution >= 0.6 is 0 Å². The second-order valence-electron chi connectivity index (χ2n) is 5.11. The molecule has 0 aliphatic rings. The molecule has 0 saturated carbocycles. The van der Waals surface area contributed by atoms with Crippen LogP contribution in [0.1, 0.15) is 11.7 Å². The van der Waals surface area contributed by atoms with Crippen LogP contribution in [0.5, 0.6) is 0 Å². The Labute approximate surface area is 136 Å². The van der Waals surface area contributed by atoms with E-state index in [0.29, 0.717) is 11.4 Å². The van der Waals surface area contributed by atoms with Crippen molar-refractivity contribution in [2.45, 2.75) is 18.6 Å². The topological polar surface area (TPSA) is 88.2 Å². The van der Waals surface area contributed by atoms with Crippen molar-refractivity contribution in [3.63, 3.8) is 0 Å². The zero-order chi connectivity index (χ0) is 17.7. The van der Waals surface area contributed by atoms with Crippen molar-refractivity contribution >= 4 is 11.7 Å². The molecular formula is C16H16F3N3O2. The number of benzene rings is 1. The molecule has 2 rings (SSSR count). The molecule has 1 amide bonds. The highest BCUT2D eigenvalue weighted by molar-refractivity contribution is 5.79. The number of nitrogen functional groups attached to an aromatic ring is 1. The summed E-state index contributed by atoms with van der Waals surface area (Å²) < 4.78 is 37.4. The lowest BCUT2D eigenvalue weighted by Gasteiger charge is -2.22. The summed E-state index contributed by atoms with van der Waals surface area (Å²) in [6.07, 6.45) is -3.14. The first-order valence-electron chi connectivity index (χ1n) is 7.06. The SMILES string of the molecule is Nc1ccc(-c2ccc(C(O)C(CF)NC(=O)C(F)F)cc2)cn1. The van der Waals surface area contributed by atoms with Gasteiger partial charge in [-0.3, -0.25) is 4.79 Å². The quantitative estimate of drug-likeness (QED) is 0.752. The van der Waals surface area contributed by atoms with Crippen molar-refractivity contribution < 1.29 is 23.1 Å². The fourth-order valence-electron chi connectivity index (χ4n) is 2.13. The van der Waals surface area contributed by atoms with Crippen LogP contribution in [-0.2, 0) is 4.79 Å². The number of aliphatic hydroxyl groups excluding tert-OH is 1. The van der Waals surface area contributed by atoms with Gasteiger partial charge in [0.1, 0.15) is 18.6 Å². The molecule has 0 radical (unpaired) electrons. The third-order valence-electron chi connectivity index (χ3n) is 3.45. The summed E-state index contributed by atoms with van der Waals surface area (Å²) in [6.45, 7) is -1.18. The highest BCUT2D eigenvalue weighted by atomic mass is 19.3. The normalized spacial score (nSPS) is 13.5. The van der Waals surface area contributed by atoms with Crippen LogP contribution in [0.3, 0.4) is 0 Å². The van der Waals surface area contributed by atoms with Gasteiger partial charge in [-0.1, -0.05) is 24.3 Å². The van der Waals surface area contributed by atoms with E-state index in [1.54, 1.807) is 35.8 Å². The molecule has 24 heavy (non-hydrogen) atoms. The average molecular weight is 339 g/mol. The van der Waals surface area contributed by atoms with Crippen molar-refractivity contribution in [2.75, 3.05) is 12.4 Å². The largest absolute Gasteiger partial charge is 0.386 e. The molecule has 2 atom stereocenters. The number of alkyl halides is 3. The van der Waals surface area contributed by atoms with Crippen molar-refractivity contribution in [2.24, 2.45) is 0 Å². The third-order valence-corrected chi connectivity index (χ3v) is 3.45. The van der Waals surface area contributed by atoms with Gasteiger partial charge in [0.2, 0.25) is 0 Å². The first kappa shape index (κ1) is 17.7. The Bertz CT molecular complexity index is 678. The fourth-order valence-corrected chi connectivity index (χ4v) is 2.13. The van der Waals surface area contributed by atoms with Crippen molar-refractivity contribution in [3.8, 4) is 11.1 Å². The first-order chi connectivity index (χ1) is 11.4. The molecule has 128 valence electrons. The molecule has 0 aliphatic carbocycles. The molecule has 0 aliphatic heterocycles. The molecule has 8 heteroatoms. The van der Waals surface area contributed by atoms with Crippen LogP contribution in [0.4, 0.5) is 19.0 Å². The second-order valence-corrected chi connectivity index (χ2v) is 5.11.